The Morgan fingerprint density at radius 3 is 2.47 bits per heavy atom. The number of hydrogen-bond donors (Lipinski definition) is 4. The molecule has 2 amide bonds. The Labute approximate surface area is 195 Å². The van der Waals surface area contributed by atoms with Gasteiger partial charge in [-0.15, -0.1) is 0 Å². The van der Waals surface area contributed by atoms with Crippen molar-refractivity contribution in [2.75, 3.05) is 6.61 Å². The molecule has 4 rings (SSSR count). The molecule has 1 saturated heterocycles. The maximum absolute atomic E-state index is 13.3. The van der Waals surface area contributed by atoms with Crippen LogP contribution < -0.4 is 21.8 Å². The van der Waals surface area contributed by atoms with Crippen molar-refractivity contribution >= 4 is 28.6 Å². The zero-order valence-corrected chi connectivity index (χ0v) is 19.4. The molecular weight excluding hydrogens is 440 g/mol. The summed E-state index contributed by atoms with van der Waals surface area (Å²) in [5.74, 6) is -1.08. The van der Waals surface area contributed by atoms with Crippen molar-refractivity contribution in [3.05, 3.63) is 44.5 Å². The number of H-pyrrole nitrogens is 2. The summed E-state index contributed by atoms with van der Waals surface area (Å²) in [5, 5.41) is 5.64. The summed E-state index contributed by atoms with van der Waals surface area (Å²) in [6.07, 6.45) is 4.71. The zero-order valence-electron chi connectivity index (χ0n) is 19.4. The smallest absolute Gasteiger partial charge is 0.314 e. The second kappa shape index (κ2) is 9.54. The molecule has 0 radical (unpaired) electrons. The summed E-state index contributed by atoms with van der Waals surface area (Å²) in [6, 6.07) is 2.92. The van der Waals surface area contributed by atoms with Crippen molar-refractivity contribution in [2.24, 2.45) is 5.41 Å². The zero-order chi connectivity index (χ0) is 24.5. The fourth-order valence-corrected chi connectivity index (χ4v) is 5.00. The second-order valence-electron chi connectivity index (χ2n) is 9.63. The summed E-state index contributed by atoms with van der Waals surface area (Å²) in [5.41, 5.74) is -0.757. The van der Waals surface area contributed by atoms with Gasteiger partial charge in [-0.3, -0.25) is 24.0 Å². The van der Waals surface area contributed by atoms with E-state index >= 15 is 0 Å². The van der Waals surface area contributed by atoms with Gasteiger partial charge in [0.25, 0.3) is 5.91 Å². The predicted octanol–water partition coefficient (Wildman–Crippen LogP) is 1.15. The SMILES string of the molecule is CC[C@@H]1OCC(=O)[C@H]1NC(=O)[C@H](CC1(C)CCCC1)NC(=O)c1ccc2[nH]c(=O)c(=O)[nH]c2c1. The van der Waals surface area contributed by atoms with Crippen LogP contribution in [-0.2, 0) is 14.3 Å². The number of amides is 2. The lowest BCUT2D eigenvalue weighted by Gasteiger charge is -2.30. The number of ether oxygens (including phenoxy) is 1. The summed E-state index contributed by atoms with van der Waals surface area (Å²) in [6.45, 7) is 3.97. The Bertz CT molecular complexity index is 1230. The van der Waals surface area contributed by atoms with E-state index in [2.05, 4.69) is 27.5 Å². The van der Waals surface area contributed by atoms with Crippen LogP contribution in [0.4, 0.5) is 0 Å². The Hall–Kier alpha value is -3.27. The van der Waals surface area contributed by atoms with Crippen LogP contribution in [0, 0.1) is 5.41 Å². The minimum absolute atomic E-state index is 0.0322. The molecule has 10 nitrogen and oxygen atoms in total. The van der Waals surface area contributed by atoms with E-state index in [0.29, 0.717) is 23.9 Å². The number of fused-ring (bicyclic) bond motifs is 1. The molecule has 1 aromatic heterocycles. The molecular formula is C24H30N4O6. The van der Waals surface area contributed by atoms with Crippen LogP contribution >= 0.6 is 0 Å². The van der Waals surface area contributed by atoms with Crippen LogP contribution in [0.2, 0.25) is 0 Å². The van der Waals surface area contributed by atoms with Crippen molar-refractivity contribution in [3.8, 4) is 0 Å². The molecule has 2 aromatic rings. The summed E-state index contributed by atoms with van der Waals surface area (Å²) >= 11 is 0. The fraction of sp³-hybridized carbons (Fsp3) is 0.542. The van der Waals surface area contributed by atoms with Crippen molar-refractivity contribution in [1.29, 1.82) is 0 Å². The van der Waals surface area contributed by atoms with Crippen molar-refractivity contribution in [3.63, 3.8) is 0 Å². The number of rotatable bonds is 7. The van der Waals surface area contributed by atoms with Crippen LogP contribution in [0.15, 0.2) is 27.8 Å². The molecule has 0 spiro atoms. The van der Waals surface area contributed by atoms with E-state index in [1.54, 1.807) is 0 Å². The lowest BCUT2D eigenvalue weighted by atomic mass is 9.81. The highest BCUT2D eigenvalue weighted by Crippen LogP contribution is 2.41. The quantitative estimate of drug-likeness (QED) is 0.446. The van der Waals surface area contributed by atoms with E-state index in [0.717, 1.165) is 25.7 Å². The lowest BCUT2D eigenvalue weighted by Crippen LogP contribution is -2.54. The van der Waals surface area contributed by atoms with Crippen LogP contribution in [0.3, 0.4) is 0 Å². The average molecular weight is 471 g/mol. The van der Waals surface area contributed by atoms with Gasteiger partial charge in [-0.05, 0) is 49.3 Å². The normalized spacial score (nSPS) is 22.6. The third-order valence-corrected chi connectivity index (χ3v) is 6.97. The summed E-state index contributed by atoms with van der Waals surface area (Å²) in [4.78, 5) is 66.7. The van der Waals surface area contributed by atoms with E-state index in [4.69, 9.17) is 4.74 Å². The molecule has 182 valence electrons. The Morgan fingerprint density at radius 2 is 1.79 bits per heavy atom. The fourth-order valence-electron chi connectivity index (χ4n) is 5.00. The van der Waals surface area contributed by atoms with E-state index < -0.39 is 35.0 Å². The highest BCUT2D eigenvalue weighted by Gasteiger charge is 2.39. The summed E-state index contributed by atoms with van der Waals surface area (Å²) in [7, 11) is 0. The van der Waals surface area contributed by atoms with Crippen LogP contribution in [-0.4, -0.2) is 52.4 Å². The molecule has 3 atom stereocenters. The number of hydrogen-bond acceptors (Lipinski definition) is 6. The molecule has 2 heterocycles. The number of carbonyl (C=O) groups excluding carboxylic acids is 3. The molecule has 0 unspecified atom stereocenters. The van der Waals surface area contributed by atoms with Crippen LogP contribution in [0.1, 0.15) is 62.7 Å². The lowest BCUT2D eigenvalue weighted by molar-refractivity contribution is -0.128. The molecule has 1 aromatic carbocycles. The maximum Gasteiger partial charge on any atom is 0.314 e. The number of aromatic amines is 2. The number of nitrogens with one attached hydrogen (secondary N) is 4. The number of ketones is 1. The molecule has 1 aliphatic carbocycles. The number of Topliss-reactive ketones (excluding diaryl/α,β-unsaturated/α-hetero) is 1. The van der Waals surface area contributed by atoms with Gasteiger partial charge in [0.05, 0.1) is 17.1 Å². The first-order valence-electron chi connectivity index (χ1n) is 11.7. The van der Waals surface area contributed by atoms with Gasteiger partial charge in [-0.1, -0.05) is 26.7 Å². The molecule has 2 aliphatic rings. The van der Waals surface area contributed by atoms with E-state index in [1.807, 2.05) is 6.92 Å². The van der Waals surface area contributed by atoms with Crippen molar-refractivity contribution in [1.82, 2.24) is 20.6 Å². The topological polar surface area (TPSA) is 150 Å². The van der Waals surface area contributed by atoms with Gasteiger partial charge >= 0.3 is 11.1 Å². The molecule has 0 bridgehead atoms. The highest BCUT2D eigenvalue weighted by molar-refractivity contribution is 6.00. The van der Waals surface area contributed by atoms with Gasteiger partial charge < -0.3 is 25.3 Å². The Morgan fingerprint density at radius 1 is 1.12 bits per heavy atom. The molecule has 1 saturated carbocycles. The molecule has 4 N–H and O–H groups in total. The molecule has 1 aliphatic heterocycles. The predicted molar refractivity (Wildman–Crippen MR) is 125 cm³/mol. The standard InChI is InChI=1S/C24H30N4O6/c1-3-18-19(17(29)12-34-18)28-21(31)16(11-24(2)8-4-5-9-24)27-20(30)13-6-7-14-15(10-13)26-23(33)22(32)25-14/h6-7,10,16,18-19H,3-5,8-9,11-12H2,1-2H3,(H,25,32)(H,26,33)(H,27,30)(H,28,31)/t16-,18-,19+/m0/s1. The van der Waals surface area contributed by atoms with Gasteiger partial charge in [0.15, 0.2) is 5.78 Å². The third kappa shape index (κ3) is 4.96. The summed E-state index contributed by atoms with van der Waals surface area (Å²) < 4.78 is 5.46. The minimum atomic E-state index is -0.841. The van der Waals surface area contributed by atoms with E-state index in [1.165, 1.54) is 18.2 Å². The first-order valence-corrected chi connectivity index (χ1v) is 11.7. The van der Waals surface area contributed by atoms with Gasteiger partial charge in [0.1, 0.15) is 18.7 Å². The number of carbonyl (C=O) groups is 3. The van der Waals surface area contributed by atoms with Gasteiger partial charge in [0, 0.05) is 5.56 Å². The van der Waals surface area contributed by atoms with Gasteiger partial charge in [0.2, 0.25) is 5.91 Å². The first-order chi connectivity index (χ1) is 16.2. The first kappa shape index (κ1) is 23.9. The van der Waals surface area contributed by atoms with Crippen LogP contribution in [0.5, 0.6) is 0 Å². The second-order valence-corrected chi connectivity index (χ2v) is 9.63. The van der Waals surface area contributed by atoms with Gasteiger partial charge in [-0.2, -0.15) is 0 Å². The van der Waals surface area contributed by atoms with E-state index in [-0.39, 0.29) is 29.5 Å². The van der Waals surface area contributed by atoms with Crippen molar-refractivity contribution in [2.45, 2.75) is 70.6 Å². The van der Waals surface area contributed by atoms with E-state index in [9.17, 15) is 24.0 Å². The Kier molecular flexibility index (Phi) is 6.70. The molecule has 2 fully saturated rings. The number of benzene rings is 1. The number of aromatic nitrogens is 2. The molecule has 10 heteroatoms. The monoisotopic (exact) mass is 470 g/mol. The van der Waals surface area contributed by atoms with Crippen molar-refractivity contribution < 1.29 is 19.1 Å². The van der Waals surface area contributed by atoms with Gasteiger partial charge in [-0.25, -0.2) is 0 Å². The molecule has 34 heavy (non-hydrogen) atoms. The minimum Gasteiger partial charge on any atom is -0.368 e. The van der Waals surface area contributed by atoms with Crippen LogP contribution in [0.25, 0.3) is 11.0 Å². The Balaban J connectivity index is 1.56. The average Bonchev–Trinajstić information content (AvgIpc) is 3.39. The third-order valence-electron chi connectivity index (χ3n) is 6.97. The largest absolute Gasteiger partial charge is 0.368 e. The highest BCUT2D eigenvalue weighted by atomic mass is 16.5. The maximum atomic E-state index is 13.3.